The second-order valence-electron chi connectivity index (χ2n) is 6.62. The van der Waals surface area contributed by atoms with Crippen LogP contribution in [0.4, 0.5) is 4.39 Å². The van der Waals surface area contributed by atoms with E-state index in [0.29, 0.717) is 39.7 Å². The van der Waals surface area contributed by atoms with Crippen molar-refractivity contribution in [1.82, 2.24) is 0 Å². The summed E-state index contributed by atoms with van der Waals surface area (Å²) in [5, 5.41) is 0. The van der Waals surface area contributed by atoms with Gasteiger partial charge in [-0.25, -0.2) is 4.39 Å². The molecule has 4 rings (SSSR count). The van der Waals surface area contributed by atoms with E-state index in [0.717, 1.165) is 0 Å². The number of ketones is 1. The molecule has 1 heterocycles. The molecule has 0 bridgehead atoms. The van der Waals surface area contributed by atoms with Crippen LogP contribution in [0.1, 0.15) is 21.5 Å². The van der Waals surface area contributed by atoms with Crippen molar-refractivity contribution in [3.63, 3.8) is 0 Å². The molecule has 3 aromatic carbocycles. The van der Waals surface area contributed by atoms with Gasteiger partial charge in [-0.1, -0.05) is 12.1 Å². The lowest BCUT2D eigenvalue weighted by Gasteiger charge is -2.08. The monoisotopic (exact) mass is 406 g/mol. The Morgan fingerprint density at radius 2 is 1.80 bits per heavy atom. The van der Waals surface area contributed by atoms with Gasteiger partial charge < -0.3 is 18.9 Å². The highest BCUT2D eigenvalue weighted by atomic mass is 19.1. The molecule has 3 aromatic rings. The molecule has 1 aliphatic rings. The zero-order valence-electron chi connectivity index (χ0n) is 16.5. The second-order valence-corrected chi connectivity index (χ2v) is 6.62. The predicted molar refractivity (Wildman–Crippen MR) is 110 cm³/mol. The summed E-state index contributed by atoms with van der Waals surface area (Å²) in [6, 6.07) is 16.5. The van der Waals surface area contributed by atoms with Crippen LogP contribution in [-0.2, 0) is 6.61 Å². The highest BCUT2D eigenvalue weighted by molar-refractivity contribution is 6.14. The minimum atomic E-state index is -0.317. The number of allylic oxidation sites excluding steroid dienone is 1. The summed E-state index contributed by atoms with van der Waals surface area (Å²) in [6.07, 6.45) is 1.63. The van der Waals surface area contributed by atoms with Gasteiger partial charge in [0, 0.05) is 17.7 Å². The first-order valence-corrected chi connectivity index (χ1v) is 9.25. The maximum absolute atomic E-state index is 13.3. The fraction of sp³-hybridized carbons (Fsp3) is 0.125. The van der Waals surface area contributed by atoms with Gasteiger partial charge in [-0.3, -0.25) is 4.79 Å². The molecule has 0 radical (unpaired) electrons. The number of carbonyl (C=O) groups is 1. The van der Waals surface area contributed by atoms with Crippen molar-refractivity contribution in [2.75, 3.05) is 14.2 Å². The van der Waals surface area contributed by atoms with Crippen molar-refractivity contribution < 1.29 is 28.1 Å². The first kappa shape index (κ1) is 19.5. The van der Waals surface area contributed by atoms with Crippen LogP contribution in [0.2, 0.25) is 0 Å². The topological polar surface area (TPSA) is 54.0 Å². The van der Waals surface area contributed by atoms with Crippen LogP contribution in [-0.4, -0.2) is 20.0 Å². The lowest BCUT2D eigenvalue weighted by Crippen LogP contribution is -1.99. The normalized spacial score (nSPS) is 13.7. The van der Waals surface area contributed by atoms with Crippen molar-refractivity contribution in [2.24, 2.45) is 0 Å². The number of fused-ring (bicyclic) bond motifs is 1. The largest absolute Gasteiger partial charge is 0.497 e. The highest BCUT2D eigenvalue weighted by Gasteiger charge is 2.28. The van der Waals surface area contributed by atoms with E-state index in [-0.39, 0.29) is 24.0 Å². The average molecular weight is 406 g/mol. The Hall–Kier alpha value is -3.80. The molecular formula is C24H19FO5. The molecule has 0 atom stereocenters. The predicted octanol–water partition coefficient (Wildman–Crippen LogP) is 5.04. The molecular weight excluding hydrogens is 387 g/mol. The number of methoxy groups -OCH3 is 2. The summed E-state index contributed by atoms with van der Waals surface area (Å²) in [6.45, 7) is 0.205. The second kappa shape index (κ2) is 8.29. The van der Waals surface area contributed by atoms with E-state index in [4.69, 9.17) is 18.9 Å². The summed E-state index contributed by atoms with van der Waals surface area (Å²) in [4.78, 5) is 12.7. The minimum Gasteiger partial charge on any atom is -0.497 e. The average Bonchev–Trinajstić information content (AvgIpc) is 3.07. The molecule has 0 saturated carbocycles. The van der Waals surface area contributed by atoms with Gasteiger partial charge in [0.05, 0.1) is 19.8 Å². The van der Waals surface area contributed by atoms with E-state index >= 15 is 0 Å². The first-order chi connectivity index (χ1) is 14.6. The quantitative estimate of drug-likeness (QED) is 0.537. The Morgan fingerprint density at radius 3 is 2.57 bits per heavy atom. The van der Waals surface area contributed by atoms with Crippen LogP contribution < -0.4 is 18.9 Å². The number of hydrogen-bond donors (Lipinski definition) is 0. The lowest BCUT2D eigenvalue weighted by atomic mass is 10.1. The summed E-state index contributed by atoms with van der Waals surface area (Å²) in [5.74, 6) is 1.80. The molecule has 0 amide bonds. The van der Waals surface area contributed by atoms with Gasteiger partial charge in [0.15, 0.2) is 5.76 Å². The van der Waals surface area contributed by atoms with Gasteiger partial charge in [0.1, 0.15) is 35.4 Å². The Balaban J connectivity index is 1.54. The van der Waals surface area contributed by atoms with E-state index in [1.165, 1.54) is 12.1 Å². The van der Waals surface area contributed by atoms with Gasteiger partial charge >= 0.3 is 0 Å². The van der Waals surface area contributed by atoms with E-state index in [1.54, 1.807) is 68.8 Å². The molecule has 0 N–H and O–H groups in total. The number of benzene rings is 3. The van der Waals surface area contributed by atoms with Gasteiger partial charge in [0.25, 0.3) is 0 Å². The molecule has 1 aliphatic heterocycles. The van der Waals surface area contributed by atoms with Crippen molar-refractivity contribution >= 4 is 11.9 Å². The maximum atomic E-state index is 13.3. The molecule has 0 aliphatic carbocycles. The van der Waals surface area contributed by atoms with Crippen LogP contribution in [0.3, 0.4) is 0 Å². The van der Waals surface area contributed by atoms with Crippen LogP contribution in [0, 0.1) is 5.82 Å². The fourth-order valence-corrected chi connectivity index (χ4v) is 3.13. The van der Waals surface area contributed by atoms with Gasteiger partial charge in [-0.15, -0.1) is 0 Å². The third kappa shape index (κ3) is 3.98. The molecule has 0 aromatic heterocycles. The first-order valence-electron chi connectivity index (χ1n) is 9.25. The molecule has 0 unspecified atom stereocenters. The van der Waals surface area contributed by atoms with Crippen molar-refractivity contribution in [2.45, 2.75) is 6.61 Å². The molecule has 0 spiro atoms. The molecule has 30 heavy (non-hydrogen) atoms. The number of ether oxygens (including phenoxy) is 4. The van der Waals surface area contributed by atoms with Gasteiger partial charge in [0.2, 0.25) is 5.78 Å². The van der Waals surface area contributed by atoms with Crippen molar-refractivity contribution in [3.8, 4) is 23.0 Å². The Kier molecular flexibility index (Phi) is 5.39. The maximum Gasteiger partial charge on any atom is 0.231 e. The molecule has 152 valence electrons. The number of carbonyl (C=O) groups excluding carboxylic acids is 1. The zero-order valence-corrected chi connectivity index (χ0v) is 16.5. The molecule has 5 nitrogen and oxygen atoms in total. The minimum absolute atomic E-state index is 0.191. The van der Waals surface area contributed by atoms with E-state index in [2.05, 4.69) is 0 Å². The van der Waals surface area contributed by atoms with Crippen LogP contribution >= 0.6 is 0 Å². The standard InChI is InChI=1S/C24H19FO5/c1-27-18-7-6-16(21(12-18)28-2)11-23-24(26)20-9-8-19(13-22(20)30-23)29-14-15-4-3-5-17(25)10-15/h3-13H,14H2,1-2H3/b23-11-. The van der Waals surface area contributed by atoms with E-state index < -0.39 is 0 Å². The highest BCUT2D eigenvalue weighted by Crippen LogP contribution is 2.36. The molecule has 6 heteroatoms. The Morgan fingerprint density at radius 1 is 0.967 bits per heavy atom. The van der Waals surface area contributed by atoms with Crippen LogP contribution in [0.5, 0.6) is 23.0 Å². The number of Topliss-reactive ketones (excluding diaryl/α,β-unsaturated/α-hetero) is 1. The van der Waals surface area contributed by atoms with Gasteiger partial charge in [-0.05, 0) is 48.0 Å². The SMILES string of the molecule is COc1ccc(/C=C2\Oc3cc(OCc4cccc(F)c4)ccc3C2=O)c(OC)c1. The number of rotatable bonds is 6. The summed E-state index contributed by atoms with van der Waals surface area (Å²) in [5.41, 5.74) is 1.85. The summed E-state index contributed by atoms with van der Waals surface area (Å²) >= 11 is 0. The third-order valence-electron chi connectivity index (χ3n) is 4.66. The summed E-state index contributed by atoms with van der Waals surface area (Å²) in [7, 11) is 3.12. The number of hydrogen-bond acceptors (Lipinski definition) is 5. The third-order valence-corrected chi connectivity index (χ3v) is 4.66. The van der Waals surface area contributed by atoms with Crippen molar-refractivity contribution in [1.29, 1.82) is 0 Å². The van der Waals surface area contributed by atoms with Crippen molar-refractivity contribution in [3.05, 3.63) is 88.9 Å². The smallest absolute Gasteiger partial charge is 0.231 e. The van der Waals surface area contributed by atoms with Gasteiger partial charge in [-0.2, -0.15) is 0 Å². The lowest BCUT2D eigenvalue weighted by molar-refractivity contribution is 0.101. The zero-order chi connectivity index (χ0) is 21.1. The van der Waals surface area contributed by atoms with E-state index in [9.17, 15) is 9.18 Å². The molecule has 0 fully saturated rings. The fourth-order valence-electron chi connectivity index (χ4n) is 3.13. The Bertz CT molecular complexity index is 1140. The number of halogens is 1. The Labute approximate surface area is 173 Å². The molecule has 0 saturated heterocycles. The van der Waals surface area contributed by atoms with E-state index in [1.807, 2.05) is 0 Å². The van der Waals surface area contributed by atoms with Crippen LogP contribution in [0.15, 0.2) is 66.4 Å². The van der Waals surface area contributed by atoms with Crippen LogP contribution in [0.25, 0.3) is 6.08 Å². The summed E-state index contributed by atoms with van der Waals surface area (Å²) < 4.78 is 35.4.